The Morgan fingerprint density at radius 2 is 1.77 bits per heavy atom. The van der Waals surface area contributed by atoms with Crippen LogP contribution in [0.1, 0.15) is 18.4 Å². The molecule has 31 heavy (non-hydrogen) atoms. The number of hydrogen-bond donors (Lipinski definition) is 0. The van der Waals surface area contributed by atoms with Gasteiger partial charge in [-0.25, -0.2) is 4.98 Å². The lowest BCUT2D eigenvalue weighted by atomic mass is 9.76. The van der Waals surface area contributed by atoms with Crippen LogP contribution in [-0.2, 0) is 4.79 Å². The number of carbonyl (C=O) groups excluding carboxylic acids is 1. The Morgan fingerprint density at radius 3 is 2.42 bits per heavy atom. The summed E-state index contributed by atoms with van der Waals surface area (Å²) in [6, 6.07) is 21.1. The van der Waals surface area contributed by atoms with Crippen molar-refractivity contribution in [3.63, 3.8) is 0 Å². The molecule has 2 atom stereocenters. The second-order valence-electron chi connectivity index (χ2n) is 7.06. The number of halogens is 1. The number of aromatic nitrogens is 1. The molecule has 0 radical (unpaired) electrons. The standard InChI is InChI=1S/C23H16BrN5OS/c1-14-20(21(17(11-25)12-26)16-5-3-2-4-6-16)22(30)29(28-14)23-27-19(13-31-23)15-7-9-18(24)10-8-15/h2-10,13,17,20-21H,1H3/t20-,21-/m1/s1. The highest BCUT2D eigenvalue weighted by molar-refractivity contribution is 9.10. The molecule has 2 aromatic carbocycles. The molecule has 1 aliphatic heterocycles. The lowest BCUT2D eigenvalue weighted by Gasteiger charge is -2.23. The van der Waals surface area contributed by atoms with Crippen molar-refractivity contribution in [3.05, 3.63) is 70.0 Å². The zero-order chi connectivity index (χ0) is 22.0. The number of benzene rings is 2. The molecule has 1 amide bonds. The number of hydrogen-bond acceptors (Lipinski definition) is 6. The minimum Gasteiger partial charge on any atom is -0.272 e. The Hall–Kier alpha value is -3.33. The van der Waals surface area contributed by atoms with Crippen LogP contribution in [0.4, 0.5) is 5.13 Å². The van der Waals surface area contributed by atoms with E-state index in [9.17, 15) is 15.3 Å². The fourth-order valence-electron chi connectivity index (χ4n) is 3.69. The van der Waals surface area contributed by atoms with Gasteiger partial charge in [-0.1, -0.05) is 58.4 Å². The number of nitriles is 2. The highest BCUT2D eigenvalue weighted by Gasteiger charge is 2.45. The highest BCUT2D eigenvalue weighted by atomic mass is 79.9. The first-order chi connectivity index (χ1) is 15.0. The smallest absolute Gasteiger partial charge is 0.259 e. The highest BCUT2D eigenvalue weighted by Crippen LogP contribution is 2.39. The zero-order valence-electron chi connectivity index (χ0n) is 16.4. The Bertz CT molecular complexity index is 1210. The molecule has 0 bridgehead atoms. The molecular formula is C23H16BrN5OS. The SMILES string of the molecule is CC1=NN(c2nc(-c3ccc(Br)cc3)cs2)C(=O)[C@H]1[C@H](c1ccccc1)C(C#N)C#N. The first-order valence-corrected chi connectivity index (χ1v) is 11.2. The van der Waals surface area contributed by atoms with Crippen molar-refractivity contribution < 1.29 is 4.79 Å². The predicted molar refractivity (Wildman–Crippen MR) is 123 cm³/mol. The van der Waals surface area contributed by atoms with Gasteiger partial charge >= 0.3 is 0 Å². The van der Waals surface area contributed by atoms with E-state index < -0.39 is 17.8 Å². The van der Waals surface area contributed by atoms with Gasteiger partial charge in [0.05, 0.1) is 23.8 Å². The molecule has 0 saturated heterocycles. The van der Waals surface area contributed by atoms with Crippen molar-refractivity contribution in [1.29, 1.82) is 10.5 Å². The van der Waals surface area contributed by atoms with Gasteiger partial charge in [0.2, 0.25) is 5.13 Å². The molecular weight excluding hydrogens is 474 g/mol. The summed E-state index contributed by atoms with van der Waals surface area (Å²) in [4.78, 5) is 18.0. The third-order valence-electron chi connectivity index (χ3n) is 5.18. The number of thiazole rings is 1. The average molecular weight is 490 g/mol. The topological polar surface area (TPSA) is 93.1 Å². The summed E-state index contributed by atoms with van der Waals surface area (Å²) in [6.07, 6.45) is 0. The van der Waals surface area contributed by atoms with Crippen LogP contribution in [0.15, 0.2) is 69.6 Å². The Kier molecular flexibility index (Phi) is 5.94. The third-order valence-corrected chi connectivity index (χ3v) is 6.52. The molecule has 0 spiro atoms. The van der Waals surface area contributed by atoms with E-state index in [1.807, 2.05) is 72.1 Å². The molecule has 6 nitrogen and oxygen atoms in total. The maximum atomic E-state index is 13.4. The quantitative estimate of drug-likeness (QED) is 0.482. The van der Waals surface area contributed by atoms with E-state index in [0.29, 0.717) is 10.8 Å². The van der Waals surface area contributed by atoms with Crippen molar-refractivity contribution in [1.82, 2.24) is 4.98 Å². The maximum Gasteiger partial charge on any atom is 0.259 e. The molecule has 0 aliphatic carbocycles. The molecule has 0 saturated carbocycles. The van der Waals surface area contributed by atoms with Crippen molar-refractivity contribution in [3.8, 4) is 23.4 Å². The Morgan fingerprint density at radius 1 is 1.10 bits per heavy atom. The predicted octanol–water partition coefficient (Wildman–Crippen LogP) is 5.36. The van der Waals surface area contributed by atoms with E-state index in [4.69, 9.17) is 0 Å². The van der Waals surface area contributed by atoms with Crippen LogP contribution in [0.25, 0.3) is 11.3 Å². The summed E-state index contributed by atoms with van der Waals surface area (Å²) in [5.41, 5.74) is 3.02. The van der Waals surface area contributed by atoms with Gasteiger partial charge in [-0.2, -0.15) is 20.6 Å². The van der Waals surface area contributed by atoms with Crippen LogP contribution in [0.2, 0.25) is 0 Å². The first-order valence-electron chi connectivity index (χ1n) is 9.48. The number of anilines is 1. The number of hydrazone groups is 1. The van der Waals surface area contributed by atoms with E-state index in [2.05, 4.69) is 26.0 Å². The molecule has 1 aromatic heterocycles. The van der Waals surface area contributed by atoms with Crippen molar-refractivity contribution >= 4 is 44.0 Å². The van der Waals surface area contributed by atoms with Gasteiger partial charge in [-0.3, -0.25) is 4.79 Å². The monoisotopic (exact) mass is 489 g/mol. The Balaban J connectivity index is 1.67. The van der Waals surface area contributed by atoms with Crippen molar-refractivity contribution in [2.75, 3.05) is 5.01 Å². The molecule has 1 aliphatic rings. The van der Waals surface area contributed by atoms with Gasteiger partial charge in [0, 0.05) is 27.0 Å². The fraction of sp³-hybridized carbons (Fsp3) is 0.174. The minimum absolute atomic E-state index is 0.279. The van der Waals surface area contributed by atoms with Crippen molar-refractivity contribution in [2.24, 2.45) is 16.9 Å². The molecule has 4 rings (SSSR count). The molecule has 0 fully saturated rings. The van der Waals surface area contributed by atoms with E-state index in [-0.39, 0.29) is 5.91 Å². The second kappa shape index (κ2) is 8.81. The largest absolute Gasteiger partial charge is 0.272 e. The maximum absolute atomic E-state index is 13.4. The van der Waals surface area contributed by atoms with E-state index >= 15 is 0 Å². The van der Waals surface area contributed by atoms with Crippen LogP contribution >= 0.6 is 27.3 Å². The summed E-state index contributed by atoms with van der Waals surface area (Å²) in [5, 5.41) is 27.2. The van der Waals surface area contributed by atoms with Gasteiger partial charge < -0.3 is 0 Å². The molecule has 3 aromatic rings. The van der Waals surface area contributed by atoms with Crippen LogP contribution in [-0.4, -0.2) is 16.6 Å². The summed E-state index contributed by atoms with van der Waals surface area (Å²) in [6.45, 7) is 1.76. The summed E-state index contributed by atoms with van der Waals surface area (Å²) >= 11 is 4.75. The summed E-state index contributed by atoms with van der Waals surface area (Å²) in [5.74, 6) is -2.57. The molecule has 2 heterocycles. The van der Waals surface area contributed by atoms with E-state index in [1.165, 1.54) is 16.3 Å². The average Bonchev–Trinajstić information content (AvgIpc) is 3.38. The van der Waals surface area contributed by atoms with Gasteiger partial charge in [-0.05, 0) is 24.6 Å². The van der Waals surface area contributed by atoms with Gasteiger partial charge in [0.25, 0.3) is 5.91 Å². The Labute approximate surface area is 192 Å². The minimum atomic E-state index is -0.976. The third kappa shape index (κ3) is 4.00. The van der Waals surface area contributed by atoms with Crippen LogP contribution < -0.4 is 5.01 Å². The van der Waals surface area contributed by atoms with Gasteiger partial charge in [0.1, 0.15) is 5.92 Å². The first kappa shape index (κ1) is 20.9. The molecule has 0 N–H and O–H groups in total. The van der Waals surface area contributed by atoms with Gasteiger partial charge in [-0.15, -0.1) is 11.3 Å². The van der Waals surface area contributed by atoms with Gasteiger partial charge in [0.15, 0.2) is 0 Å². The normalized spacial score (nSPS) is 16.7. The summed E-state index contributed by atoms with van der Waals surface area (Å²) in [7, 11) is 0. The van der Waals surface area contributed by atoms with Crippen molar-refractivity contribution in [2.45, 2.75) is 12.8 Å². The summed E-state index contributed by atoms with van der Waals surface area (Å²) < 4.78 is 0.973. The van der Waals surface area contributed by atoms with Crippen LogP contribution in [0.5, 0.6) is 0 Å². The number of rotatable bonds is 5. The lowest BCUT2D eigenvalue weighted by molar-refractivity contribution is -0.120. The molecule has 0 unspecified atom stereocenters. The number of nitrogens with zero attached hydrogens (tertiary/aromatic N) is 5. The van der Waals surface area contributed by atoms with Crippen LogP contribution in [0.3, 0.4) is 0 Å². The number of carbonyl (C=O) groups is 1. The molecule has 152 valence electrons. The second-order valence-corrected chi connectivity index (χ2v) is 8.82. The van der Waals surface area contributed by atoms with E-state index in [1.54, 1.807) is 6.92 Å². The van der Waals surface area contributed by atoms with Crippen LogP contribution in [0, 0.1) is 34.5 Å². The number of amides is 1. The molecule has 8 heteroatoms. The fourth-order valence-corrected chi connectivity index (χ4v) is 4.74. The zero-order valence-corrected chi connectivity index (χ0v) is 18.8. The lowest BCUT2D eigenvalue weighted by Crippen LogP contribution is -2.34. The van der Waals surface area contributed by atoms with E-state index in [0.717, 1.165) is 21.3 Å².